The molecule has 1 fully saturated rings. The molecule has 1 saturated carbocycles. The Morgan fingerprint density at radius 3 is 3.00 bits per heavy atom. The lowest BCUT2D eigenvalue weighted by atomic mass is 9.80. The van der Waals surface area contributed by atoms with Crippen LogP contribution in [0.4, 0.5) is 0 Å². The molecule has 2 atom stereocenters. The van der Waals surface area contributed by atoms with E-state index in [1.165, 1.54) is 0 Å². The van der Waals surface area contributed by atoms with E-state index in [0.717, 1.165) is 24.2 Å². The van der Waals surface area contributed by atoms with Crippen LogP contribution in [0.25, 0.3) is 10.4 Å². The summed E-state index contributed by atoms with van der Waals surface area (Å²) in [5, 5.41) is 3.58. The maximum atomic E-state index is 12.2. The maximum absolute atomic E-state index is 12.2. The number of carbonyl (C=O) groups excluding carboxylic acids is 1. The Morgan fingerprint density at radius 2 is 2.28 bits per heavy atom. The minimum atomic E-state index is -0.514. The molecule has 5 nitrogen and oxygen atoms in total. The Morgan fingerprint density at radius 1 is 1.44 bits per heavy atom. The van der Waals surface area contributed by atoms with Gasteiger partial charge in [0.25, 0.3) is 0 Å². The van der Waals surface area contributed by atoms with Crippen molar-refractivity contribution in [1.82, 2.24) is 0 Å². The van der Waals surface area contributed by atoms with E-state index < -0.39 is 6.04 Å². The summed E-state index contributed by atoms with van der Waals surface area (Å²) in [7, 11) is 1.60. The van der Waals surface area contributed by atoms with Crippen molar-refractivity contribution in [3.63, 3.8) is 0 Å². The van der Waals surface area contributed by atoms with Crippen molar-refractivity contribution in [2.45, 2.75) is 31.2 Å². The molecule has 0 aliphatic heterocycles. The molecule has 1 aromatic carbocycles. The highest BCUT2D eigenvalue weighted by Crippen LogP contribution is 2.32. The summed E-state index contributed by atoms with van der Waals surface area (Å²) < 4.78 is 5.16. The second-order valence-electron chi connectivity index (χ2n) is 4.38. The maximum Gasteiger partial charge on any atom is 0.149 e. The Bertz CT molecular complexity index is 495. The molecule has 0 aromatic heterocycles. The first-order valence-corrected chi connectivity index (χ1v) is 5.98. The highest BCUT2D eigenvalue weighted by atomic mass is 16.5. The number of Topliss-reactive ketones (excluding diaryl/α,β-unsaturated/α-hetero) is 1. The molecule has 1 aliphatic carbocycles. The molecular formula is C13H15N3O2. The molecule has 0 heterocycles. The number of azide groups is 1. The third-order valence-electron chi connectivity index (χ3n) is 3.33. The molecular weight excluding hydrogens is 230 g/mol. The Labute approximate surface area is 105 Å². The van der Waals surface area contributed by atoms with Gasteiger partial charge in [0.15, 0.2) is 0 Å². The van der Waals surface area contributed by atoms with E-state index in [9.17, 15) is 4.79 Å². The Balaban J connectivity index is 2.26. The molecule has 0 radical (unpaired) electrons. The third-order valence-corrected chi connectivity index (χ3v) is 3.33. The number of benzene rings is 1. The molecule has 1 aromatic rings. The minimum absolute atomic E-state index is 0.0207. The van der Waals surface area contributed by atoms with Crippen LogP contribution in [0.15, 0.2) is 29.4 Å². The minimum Gasteiger partial charge on any atom is -0.497 e. The second kappa shape index (κ2) is 5.56. The van der Waals surface area contributed by atoms with Crippen molar-refractivity contribution in [2.75, 3.05) is 7.11 Å². The predicted molar refractivity (Wildman–Crippen MR) is 67.5 cm³/mol. The van der Waals surface area contributed by atoms with Gasteiger partial charge in [0.1, 0.15) is 11.5 Å². The van der Waals surface area contributed by atoms with Crippen molar-refractivity contribution in [2.24, 2.45) is 5.11 Å². The SMILES string of the molecule is COc1cccc(C2CCCC(N=[N+]=[N-])C2=O)c1. The number of nitrogens with zero attached hydrogens (tertiary/aromatic N) is 3. The summed E-state index contributed by atoms with van der Waals surface area (Å²) in [6.45, 7) is 0. The van der Waals surface area contributed by atoms with Crippen LogP contribution in [0.3, 0.4) is 0 Å². The van der Waals surface area contributed by atoms with Crippen LogP contribution in [0.2, 0.25) is 0 Å². The smallest absolute Gasteiger partial charge is 0.149 e. The number of carbonyl (C=O) groups is 1. The lowest BCUT2D eigenvalue weighted by Gasteiger charge is -2.25. The zero-order chi connectivity index (χ0) is 13.0. The van der Waals surface area contributed by atoms with Gasteiger partial charge in [-0.3, -0.25) is 4.79 Å². The van der Waals surface area contributed by atoms with Crippen molar-refractivity contribution in [3.8, 4) is 5.75 Å². The van der Waals surface area contributed by atoms with Crippen LogP contribution >= 0.6 is 0 Å². The number of rotatable bonds is 3. The quantitative estimate of drug-likeness (QED) is 0.465. The fourth-order valence-electron chi connectivity index (χ4n) is 2.40. The first kappa shape index (κ1) is 12.5. The molecule has 0 N–H and O–H groups in total. The van der Waals surface area contributed by atoms with Gasteiger partial charge in [-0.15, -0.1) is 0 Å². The van der Waals surface area contributed by atoms with Gasteiger partial charge in [-0.05, 0) is 36.1 Å². The lowest BCUT2D eigenvalue weighted by Crippen LogP contribution is -2.29. The van der Waals surface area contributed by atoms with E-state index in [1.807, 2.05) is 24.3 Å². The third kappa shape index (κ3) is 2.46. The summed E-state index contributed by atoms with van der Waals surface area (Å²) in [6, 6.07) is 7.00. The molecule has 0 saturated heterocycles. The van der Waals surface area contributed by atoms with E-state index in [1.54, 1.807) is 7.11 Å². The van der Waals surface area contributed by atoms with Gasteiger partial charge in [-0.25, -0.2) is 0 Å². The van der Waals surface area contributed by atoms with Gasteiger partial charge >= 0.3 is 0 Å². The van der Waals surface area contributed by atoms with Crippen LogP contribution < -0.4 is 4.74 Å². The molecule has 0 spiro atoms. The van der Waals surface area contributed by atoms with Gasteiger partial charge in [0.05, 0.1) is 13.2 Å². The molecule has 18 heavy (non-hydrogen) atoms. The summed E-state index contributed by atoms with van der Waals surface area (Å²) in [5.41, 5.74) is 9.40. The summed E-state index contributed by atoms with van der Waals surface area (Å²) in [4.78, 5) is 15.0. The monoisotopic (exact) mass is 245 g/mol. The van der Waals surface area contributed by atoms with E-state index in [-0.39, 0.29) is 11.7 Å². The fourth-order valence-corrected chi connectivity index (χ4v) is 2.40. The molecule has 94 valence electrons. The van der Waals surface area contributed by atoms with Crippen molar-refractivity contribution in [1.29, 1.82) is 0 Å². The highest BCUT2D eigenvalue weighted by Gasteiger charge is 2.31. The topological polar surface area (TPSA) is 75.1 Å². The first-order chi connectivity index (χ1) is 8.76. The van der Waals surface area contributed by atoms with E-state index in [4.69, 9.17) is 10.3 Å². The Kier molecular flexibility index (Phi) is 3.85. The number of methoxy groups -OCH3 is 1. The highest BCUT2D eigenvalue weighted by molar-refractivity contribution is 5.91. The molecule has 0 amide bonds. The van der Waals surface area contributed by atoms with E-state index in [2.05, 4.69) is 10.0 Å². The summed E-state index contributed by atoms with van der Waals surface area (Å²) in [6.07, 6.45) is 2.37. The zero-order valence-electron chi connectivity index (χ0n) is 10.2. The Hall–Kier alpha value is -2.00. The van der Waals surface area contributed by atoms with Crippen molar-refractivity contribution in [3.05, 3.63) is 40.3 Å². The molecule has 5 heteroatoms. The average molecular weight is 245 g/mol. The predicted octanol–water partition coefficient (Wildman–Crippen LogP) is 3.21. The van der Waals surface area contributed by atoms with Crippen LogP contribution in [0.5, 0.6) is 5.75 Å². The van der Waals surface area contributed by atoms with Gasteiger partial charge in [-0.2, -0.15) is 0 Å². The standard InChI is InChI=1S/C13H15N3O2/c1-18-10-5-2-4-9(8-10)11-6-3-7-12(13(11)17)15-16-14/h2,4-5,8,11-12H,3,6-7H2,1H3. The molecule has 2 rings (SSSR count). The molecule has 1 aliphatic rings. The number of hydrogen-bond acceptors (Lipinski definition) is 3. The van der Waals surface area contributed by atoms with Crippen LogP contribution in [-0.2, 0) is 4.79 Å². The average Bonchev–Trinajstić information content (AvgIpc) is 2.41. The number of hydrogen-bond donors (Lipinski definition) is 0. The number of ketones is 1. The van der Waals surface area contributed by atoms with Gasteiger partial charge in [-0.1, -0.05) is 23.7 Å². The van der Waals surface area contributed by atoms with E-state index >= 15 is 0 Å². The summed E-state index contributed by atoms with van der Waals surface area (Å²) in [5.74, 6) is 0.586. The van der Waals surface area contributed by atoms with Gasteiger partial charge in [0, 0.05) is 10.8 Å². The normalized spacial score (nSPS) is 23.3. The number of ether oxygens (including phenoxy) is 1. The van der Waals surface area contributed by atoms with E-state index in [0.29, 0.717) is 6.42 Å². The lowest BCUT2D eigenvalue weighted by molar-refractivity contribution is -0.123. The zero-order valence-corrected chi connectivity index (χ0v) is 10.2. The first-order valence-electron chi connectivity index (χ1n) is 5.98. The summed E-state index contributed by atoms with van der Waals surface area (Å²) >= 11 is 0. The van der Waals surface area contributed by atoms with Gasteiger partial charge in [0.2, 0.25) is 0 Å². The van der Waals surface area contributed by atoms with Gasteiger partial charge < -0.3 is 4.74 Å². The van der Waals surface area contributed by atoms with Crippen LogP contribution in [-0.4, -0.2) is 18.9 Å². The van der Waals surface area contributed by atoms with Crippen LogP contribution in [0, 0.1) is 0 Å². The van der Waals surface area contributed by atoms with Crippen LogP contribution in [0.1, 0.15) is 30.7 Å². The van der Waals surface area contributed by atoms with Crippen molar-refractivity contribution < 1.29 is 9.53 Å². The molecule has 0 bridgehead atoms. The van der Waals surface area contributed by atoms with Crippen molar-refractivity contribution >= 4 is 5.78 Å². The largest absolute Gasteiger partial charge is 0.497 e. The fraction of sp³-hybridized carbons (Fsp3) is 0.462. The molecule has 2 unspecified atom stereocenters. The second-order valence-corrected chi connectivity index (χ2v) is 4.38.